The summed E-state index contributed by atoms with van der Waals surface area (Å²) in [6.45, 7) is 1.65. The molecule has 1 rings (SSSR count). The Balaban J connectivity index is 3.20. The molecule has 0 saturated carbocycles. The van der Waals surface area contributed by atoms with Crippen molar-refractivity contribution >= 4 is 21.9 Å². The molecule has 0 fully saturated rings. The van der Waals surface area contributed by atoms with Crippen molar-refractivity contribution in [3.63, 3.8) is 0 Å². The van der Waals surface area contributed by atoms with E-state index in [1.54, 1.807) is 6.92 Å². The average Bonchev–Trinajstić information content (AvgIpc) is 2.24. The van der Waals surface area contributed by atoms with E-state index in [1.807, 2.05) is 0 Å². The zero-order valence-corrected chi connectivity index (χ0v) is 10.3. The number of carbonyl (C=O) groups excluding carboxylic acids is 1. The Morgan fingerprint density at radius 1 is 1.62 bits per heavy atom. The van der Waals surface area contributed by atoms with Gasteiger partial charge >= 0.3 is 5.97 Å². The fraction of sp³-hybridized carbons (Fsp3) is 0.400. The van der Waals surface area contributed by atoms with Crippen molar-refractivity contribution in [1.29, 1.82) is 0 Å². The van der Waals surface area contributed by atoms with Gasteiger partial charge in [0.2, 0.25) is 0 Å². The lowest BCUT2D eigenvalue weighted by atomic mass is 10.0. The molecule has 0 unspecified atom stereocenters. The Labute approximate surface area is 99.9 Å². The molecule has 0 aliphatic carbocycles. The van der Waals surface area contributed by atoms with E-state index in [4.69, 9.17) is 0 Å². The van der Waals surface area contributed by atoms with Gasteiger partial charge in [-0.1, -0.05) is 0 Å². The van der Waals surface area contributed by atoms with Crippen molar-refractivity contribution < 1.29 is 18.3 Å². The van der Waals surface area contributed by atoms with Gasteiger partial charge in [-0.3, -0.25) is 9.78 Å². The van der Waals surface area contributed by atoms with Gasteiger partial charge in [0.05, 0.1) is 13.5 Å². The van der Waals surface area contributed by atoms with Gasteiger partial charge in [0.1, 0.15) is 5.69 Å². The molecule has 1 aromatic rings. The molecule has 0 atom stereocenters. The lowest BCUT2D eigenvalue weighted by molar-refractivity contribution is -0.139. The smallest absolute Gasteiger partial charge is 0.310 e. The summed E-state index contributed by atoms with van der Waals surface area (Å²) in [7, 11) is 1.21. The third-order valence-corrected chi connectivity index (χ3v) is 2.99. The second-order valence-corrected chi connectivity index (χ2v) is 4.00. The van der Waals surface area contributed by atoms with Crippen LogP contribution in [0.4, 0.5) is 8.78 Å². The molecule has 0 spiro atoms. The fourth-order valence-corrected chi connectivity index (χ4v) is 1.61. The summed E-state index contributed by atoms with van der Waals surface area (Å²) in [5.41, 5.74) is 0.429. The minimum Gasteiger partial charge on any atom is -0.469 e. The number of hydrogen-bond donors (Lipinski definition) is 0. The first kappa shape index (κ1) is 13.0. The molecule has 0 aliphatic rings. The van der Waals surface area contributed by atoms with Gasteiger partial charge in [-0.15, -0.1) is 0 Å². The lowest BCUT2D eigenvalue weighted by Gasteiger charge is -2.11. The lowest BCUT2D eigenvalue weighted by Crippen LogP contribution is -2.10. The highest BCUT2D eigenvalue weighted by Gasteiger charge is 2.20. The van der Waals surface area contributed by atoms with Gasteiger partial charge < -0.3 is 4.74 Å². The Bertz CT molecular complexity index is 410. The van der Waals surface area contributed by atoms with E-state index in [1.165, 1.54) is 13.3 Å². The first-order chi connectivity index (χ1) is 7.47. The number of ether oxygens (including phenoxy) is 1. The van der Waals surface area contributed by atoms with Gasteiger partial charge in [0.25, 0.3) is 6.43 Å². The molecule has 0 radical (unpaired) electrons. The molecule has 0 aliphatic heterocycles. The summed E-state index contributed by atoms with van der Waals surface area (Å²) < 4.78 is 30.4. The zero-order chi connectivity index (χ0) is 12.3. The highest BCUT2D eigenvalue weighted by atomic mass is 79.9. The van der Waals surface area contributed by atoms with Crippen molar-refractivity contribution in [2.45, 2.75) is 19.8 Å². The molecule has 0 saturated heterocycles. The van der Waals surface area contributed by atoms with Gasteiger partial charge in [-0.05, 0) is 34.0 Å². The molecule has 88 valence electrons. The Morgan fingerprint density at radius 2 is 2.25 bits per heavy atom. The maximum absolute atomic E-state index is 12.7. The van der Waals surface area contributed by atoms with Crippen molar-refractivity contribution in [3.8, 4) is 0 Å². The molecule has 1 heterocycles. The monoisotopic (exact) mass is 293 g/mol. The number of hydrogen-bond acceptors (Lipinski definition) is 3. The van der Waals surface area contributed by atoms with E-state index >= 15 is 0 Å². The standard InChI is InChI=1S/C10H10BrF2NO2/c1-5-6(3-8(15)16-2)9(10(12)13)14-4-7(5)11/h4,10H,3H2,1-2H3. The van der Waals surface area contributed by atoms with Crippen molar-refractivity contribution in [3.05, 3.63) is 27.5 Å². The summed E-state index contributed by atoms with van der Waals surface area (Å²) in [6.07, 6.45) is -1.60. The molecule has 16 heavy (non-hydrogen) atoms. The number of methoxy groups -OCH3 is 1. The van der Waals surface area contributed by atoms with Crippen LogP contribution in [0.15, 0.2) is 10.7 Å². The van der Waals surface area contributed by atoms with E-state index in [9.17, 15) is 13.6 Å². The van der Waals surface area contributed by atoms with Gasteiger partial charge in [0, 0.05) is 10.7 Å². The first-order valence-electron chi connectivity index (χ1n) is 4.46. The summed E-state index contributed by atoms with van der Waals surface area (Å²) in [5, 5.41) is 0. The van der Waals surface area contributed by atoms with Gasteiger partial charge in [0.15, 0.2) is 0 Å². The van der Waals surface area contributed by atoms with Crippen molar-refractivity contribution in [2.75, 3.05) is 7.11 Å². The fourth-order valence-electron chi connectivity index (χ4n) is 1.26. The predicted octanol–water partition coefficient (Wildman–Crippen LogP) is 2.81. The largest absolute Gasteiger partial charge is 0.469 e. The number of carbonyl (C=O) groups is 1. The molecule has 0 bridgehead atoms. The molecule has 0 amide bonds. The topological polar surface area (TPSA) is 39.2 Å². The zero-order valence-electron chi connectivity index (χ0n) is 8.76. The minimum atomic E-state index is -2.70. The predicted molar refractivity (Wildman–Crippen MR) is 57.4 cm³/mol. The Morgan fingerprint density at radius 3 is 2.75 bits per heavy atom. The summed E-state index contributed by atoms with van der Waals surface area (Å²) in [5.74, 6) is -0.565. The van der Waals surface area contributed by atoms with Crippen LogP contribution in [0.2, 0.25) is 0 Å². The van der Waals surface area contributed by atoms with Crippen LogP contribution in [0, 0.1) is 6.92 Å². The van der Waals surface area contributed by atoms with Crippen LogP contribution in [-0.2, 0) is 16.0 Å². The number of halogens is 3. The van der Waals surface area contributed by atoms with Crippen LogP contribution < -0.4 is 0 Å². The van der Waals surface area contributed by atoms with Crippen molar-refractivity contribution in [2.24, 2.45) is 0 Å². The van der Waals surface area contributed by atoms with Crippen LogP contribution in [0.5, 0.6) is 0 Å². The molecule has 6 heteroatoms. The Hall–Kier alpha value is -1.04. The quantitative estimate of drug-likeness (QED) is 0.805. The SMILES string of the molecule is COC(=O)Cc1c(C(F)F)ncc(Br)c1C. The van der Waals surface area contributed by atoms with E-state index in [0.29, 0.717) is 10.0 Å². The number of rotatable bonds is 3. The Kier molecular flexibility index (Phi) is 4.35. The molecule has 3 nitrogen and oxygen atoms in total. The second kappa shape index (κ2) is 5.34. The van der Waals surface area contributed by atoms with E-state index in [-0.39, 0.29) is 17.7 Å². The molecule has 0 N–H and O–H groups in total. The van der Waals surface area contributed by atoms with Gasteiger partial charge in [-0.25, -0.2) is 8.78 Å². The summed E-state index contributed by atoms with van der Waals surface area (Å²) in [6, 6.07) is 0. The third-order valence-electron chi connectivity index (χ3n) is 2.19. The van der Waals surface area contributed by atoms with Crippen LogP contribution >= 0.6 is 15.9 Å². The molecule has 0 aromatic carbocycles. The number of alkyl halides is 2. The summed E-state index contributed by atoms with van der Waals surface area (Å²) in [4.78, 5) is 14.7. The highest BCUT2D eigenvalue weighted by Crippen LogP contribution is 2.28. The molecular weight excluding hydrogens is 284 g/mol. The minimum absolute atomic E-state index is 0.200. The van der Waals surface area contributed by atoms with Crippen LogP contribution in [0.1, 0.15) is 23.2 Å². The third kappa shape index (κ3) is 2.75. The highest BCUT2D eigenvalue weighted by molar-refractivity contribution is 9.10. The summed E-state index contributed by atoms with van der Waals surface area (Å²) >= 11 is 3.18. The van der Waals surface area contributed by atoms with E-state index < -0.39 is 12.4 Å². The maximum atomic E-state index is 12.7. The van der Waals surface area contributed by atoms with Crippen molar-refractivity contribution in [1.82, 2.24) is 4.98 Å². The first-order valence-corrected chi connectivity index (χ1v) is 5.25. The van der Waals surface area contributed by atoms with Crippen LogP contribution in [0.25, 0.3) is 0 Å². The average molecular weight is 294 g/mol. The van der Waals surface area contributed by atoms with Gasteiger partial charge in [-0.2, -0.15) is 0 Å². The molecular formula is C10H10BrF2NO2. The van der Waals surface area contributed by atoms with Crippen LogP contribution in [-0.4, -0.2) is 18.1 Å². The number of pyridine rings is 1. The second-order valence-electron chi connectivity index (χ2n) is 3.15. The normalized spacial score (nSPS) is 10.6. The van der Waals surface area contributed by atoms with E-state index in [2.05, 4.69) is 25.7 Å². The number of aromatic nitrogens is 1. The van der Waals surface area contributed by atoms with E-state index in [0.717, 1.165) is 0 Å². The number of esters is 1. The maximum Gasteiger partial charge on any atom is 0.310 e. The molecule has 1 aromatic heterocycles. The van der Waals surface area contributed by atoms with Crippen LogP contribution in [0.3, 0.4) is 0 Å². The number of nitrogens with zero attached hydrogens (tertiary/aromatic N) is 1.